The average molecular weight is 353 g/mol. The summed E-state index contributed by atoms with van der Waals surface area (Å²) in [5.41, 5.74) is 3.74. The number of aromatic nitrogens is 2. The molecule has 0 radical (unpaired) electrons. The topological polar surface area (TPSA) is 99.6 Å². The lowest BCUT2D eigenvalue weighted by atomic mass is 10.2. The lowest BCUT2D eigenvalue weighted by Gasteiger charge is -2.06. The van der Waals surface area contributed by atoms with Gasteiger partial charge in [-0.25, -0.2) is 5.43 Å². The average Bonchev–Trinajstić information content (AvgIpc) is 2.88. The summed E-state index contributed by atoms with van der Waals surface area (Å²) in [6, 6.07) is 4.87. The maximum Gasteiger partial charge on any atom is 0.291 e. The van der Waals surface area contributed by atoms with Crippen molar-refractivity contribution in [1.29, 1.82) is 0 Å². The van der Waals surface area contributed by atoms with Crippen LogP contribution in [0.5, 0.6) is 11.5 Å². The molecule has 0 saturated carbocycles. The lowest BCUT2D eigenvalue weighted by Crippen LogP contribution is -2.18. The second-order valence-electron chi connectivity index (χ2n) is 4.18. The molecule has 3 N–H and O–H groups in total. The van der Waals surface area contributed by atoms with E-state index in [-0.39, 0.29) is 11.4 Å². The van der Waals surface area contributed by atoms with Crippen molar-refractivity contribution in [3.8, 4) is 11.5 Å². The number of H-pyrrole nitrogens is 1. The quantitative estimate of drug-likeness (QED) is 0.578. The van der Waals surface area contributed by atoms with E-state index in [0.717, 1.165) is 5.69 Å². The van der Waals surface area contributed by atoms with Gasteiger partial charge in [-0.15, -0.1) is 0 Å². The molecule has 2 rings (SSSR count). The zero-order chi connectivity index (χ0) is 15.4. The fourth-order valence-corrected chi connectivity index (χ4v) is 2.06. The molecule has 0 saturated heterocycles. The van der Waals surface area contributed by atoms with Gasteiger partial charge in [0, 0.05) is 15.7 Å². The number of hydrogen-bond donors (Lipinski definition) is 3. The number of amides is 1. The third-order valence-electron chi connectivity index (χ3n) is 2.60. The highest BCUT2D eigenvalue weighted by molar-refractivity contribution is 9.10. The molecular formula is C13H13BrN4O3. The number of ether oxygens (including phenoxy) is 1. The summed E-state index contributed by atoms with van der Waals surface area (Å²) in [7, 11) is 1.45. The summed E-state index contributed by atoms with van der Waals surface area (Å²) < 4.78 is 5.74. The van der Waals surface area contributed by atoms with Gasteiger partial charge < -0.3 is 9.84 Å². The van der Waals surface area contributed by atoms with Crippen molar-refractivity contribution in [2.75, 3.05) is 7.11 Å². The van der Waals surface area contributed by atoms with Gasteiger partial charge in [-0.3, -0.25) is 9.89 Å². The third-order valence-corrected chi connectivity index (χ3v) is 3.06. The van der Waals surface area contributed by atoms with Crippen LogP contribution in [0.15, 0.2) is 27.8 Å². The number of hydrazone groups is 1. The maximum absolute atomic E-state index is 11.7. The highest BCUT2D eigenvalue weighted by Gasteiger charge is 2.10. The second kappa shape index (κ2) is 6.40. The number of aromatic hydroxyl groups is 1. The molecule has 1 aromatic carbocycles. The van der Waals surface area contributed by atoms with E-state index in [2.05, 4.69) is 36.7 Å². The minimum Gasteiger partial charge on any atom is -0.504 e. The third kappa shape index (κ3) is 3.60. The van der Waals surface area contributed by atoms with Crippen LogP contribution >= 0.6 is 15.9 Å². The first-order valence-electron chi connectivity index (χ1n) is 5.93. The van der Waals surface area contributed by atoms with E-state index in [9.17, 15) is 9.90 Å². The van der Waals surface area contributed by atoms with Gasteiger partial charge in [-0.05, 0) is 25.1 Å². The molecule has 0 bridgehead atoms. The number of phenols is 1. The van der Waals surface area contributed by atoms with E-state index in [4.69, 9.17) is 4.74 Å². The van der Waals surface area contributed by atoms with E-state index < -0.39 is 5.91 Å². The van der Waals surface area contributed by atoms with Crippen molar-refractivity contribution in [3.63, 3.8) is 0 Å². The summed E-state index contributed by atoms with van der Waals surface area (Å²) in [6.07, 6.45) is 1.32. The van der Waals surface area contributed by atoms with Crippen LogP contribution in [0.1, 0.15) is 21.7 Å². The summed E-state index contributed by atoms with van der Waals surface area (Å²) in [5, 5.41) is 20.2. The second-order valence-corrected chi connectivity index (χ2v) is 5.10. The molecular weight excluding hydrogens is 340 g/mol. The maximum atomic E-state index is 11.7. The van der Waals surface area contributed by atoms with Crippen LogP contribution in [0, 0.1) is 6.92 Å². The predicted molar refractivity (Wildman–Crippen MR) is 80.7 cm³/mol. The fraction of sp³-hybridized carbons (Fsp3) is 0.154. The summed E-state index contributed by atoms with van der Waals surface area (Å²) in [6.45, 7) is 1.79. The molecule has 7 nitrogen and oxygen atoms in total. The number of aromatic amines is 1. The molecule has 21 heavy (non-hydrogen) atoms. The standard InChI is InChI=1S/C13H13BrN4O3/c1-7-3-10(17-16-7)13(20)18-15-6-8-4-9(14)5-11(21-2)12(8)19/h3-6,19H,1-2H3,(H,16,17)(H,18,20)/b15-6-. The van der Waals surface area contributed by atoms with Gasteiger partial charge >= 0.3 is 0 Å². The molecule has 1 heterocycles. The Labute approximate surface area is 129 Å². The minimum absolute atomic E-state index is 0.0608. The van der Waals surface area contributed by atoms with Gasteiger partial charge in [0.1, 0.15) is 0 Å². The Bertz CT molecular complexity index is 697. The fourth-order valence-electron chi connectivity index (χ4n) is 1.60. The zero-order valence-electron chi connectivity index (χ0n) is 11.3. The summed E-state index contributed by atoms with van der Waals surface area (Å²) in [4.78, 5) is 11.7. The number of nitrogens with zero attached hydrogens (tertiary/aromatic N) is 2. The van der Waals surface area contributed by atoms with Crippen molar-refractivity contribution in [3.05, 3.63) is 39.6 Å². The first kappa shape index (κ1) is 15.0. The van der Waals surface area contributed by atoms with Crippen LogP contribution in [0.4, 0.5) is 0 Å². The van der Waals surface area contributed by atoms with E-state index in [0.29, 0.717) is 15.8 Å². The van der Waals surface area contributed by atoms with Crippen molar-refractivity contribution >= 4 is 28.1 Å². The minimum atomic E-state index is -0.447. The van der Waals surface area contributed by atoms with Gasteiger partial charge in [0.05, 0.1) is 13.3 Å². The summed E-state index contributed by atoms with van der Waals surface area (Å²) in [5.74, 6) is -0.202. The van der Waals surface area contributed by atoms with E-state index in [1.54, 1.807) is 25.1 Å². The Hall–Kier alpha value is -2.35. The number of carbonyl (C=O) groups is 1. The van der Waals surface area contributed by atoms with Gasteiger partial charge in [0.25, 0.3) is 5.91 Å². The van der Waals surface area contributed by atoms with Crippen molar-refractivity contribution in [2.45, 2.75) is 6.92 Å². The monoisotopic (exact) mass is 352 g/mol. The van der Waals surface area contributed by atoms with E-state index in [1.807, 2.05) is 0 Å². The number of phenolic OH excluding ortho intramolecular Hbond substituents is 1. The van der Waals surface area contributed by atoms with Crippen LogP contribution in [0.3, 0.4) is 0 Å². The number of nitrogens with one attached hydrogen (secondary N) is 2. The smallest absolute Gasteiger partial charge is 0.291 e. The molecule has 0 fully saturated rings. The van der Waals surface area contributed by atoms with E-state index in [1.165, 1.54) is 13.3 Å². The number of aryl methyl sites for hydroxylation is 1. The van der Waals surface area contributed by atoms with Crippen LogP contribution in [-0.2, 0) is 0 Å². The van der Waals surface area contributed by atoms with Gasteiger partial charge in [-0.1, -0.05) is 15.9 Å². The number of benzene rings is 1. The molecule has 0 atom stereocenters. The Morgan fingerprint density at radius 1 is 1.52 bits per heavy atom. The Morgan fingerprint density at radius 2 is 2.29 bits per heavy atom. The lowest BCUT2D eigenvalue weighted by molar-refractivity contribution is 0.0950. The highest BCUT2D eigenvalue weighted by Crippen LogP contribution is 2.32. The molecule has 0 aliphatic rings. The normalized spacial score (nSPS) is 10.8. The molecule has 110 valence electrons. The predicted octanol–water partition coefficient (Wildman–Crippen LogP) is 1.96. The Balaban J connectivity index is 2.11. The van der Waals surface area contributed by atoms with Crippen molar-refractivity contribution in [1.82, 2.24) is 15.6 Å². The molecule has 0 aliphatic heterocycles. The number of halogens is 1. The zero-order valence-corrected chi connectivity index (χ0v) is 12.9. The Kier molecular flexibility index (Phi) is 4.59. The largest absolute Gasteiger partial charge is 0.504 e. The molecule has 2 aromatic rings. The SMILES string of the molecule is COc1cc(Br)cc(/C=N\NC(=O)c2cc(C)[nH]n2)c1O. The summed E-state index contributed by atoms with van der Waals surface area (Å²) >= 11 is 3.29. The van der Waals surface area contributed by atoms with Crippen molar-refractivity contribution < 1.29 is 14.6 Å². The van der Waals surface area contributed by atoms with Crippen LogP contribution in [-0.4, -0.2) is 34.5 Å². The van der Waals surface area contributed by atoms with Gasteiger partial charge in [-0.2, -0.15) is 10.2 Å². The van der Waals surface area contributed by atoms with Crippen LogP contribution in [0.2, 0.25) is 0 Å². The molecule has 0 unspecified atom stereocenters. The number of carbonyl (C=O) groups excluding carboxylic acids is 1. The number of rotatable bonds is 4. The molecule has 1 aromatic heterocycles. The van der Waals surface area contributed by atoms with E-state index >= 15 is 0 Å². The molecule has 0 aliphatic carbocycles. The van der Waals surface area contributed by atoms with Gasteiger partial charge in [0.2, 0.25) is 0 Å². The number of hydrogen-bond acceptors (Lipinski definition) is 5. The van der Waals surface area contributed by atoms with Crippen molar-refractivity contribution in [2.24, 2.45) is 5.10 Å². The molecule has 8 heteroatoms. The first-order chi connectivity index (χ1) is 10.0. The molecule has 1 amide bonds. The van der Waals surface area contributed by atoms with Crippen LogP contribution in [0.25, 0.3) is 0 Å². The van der Waals surface area contributed by atoms with Crippen LogP contribution < -0.4 is 10.2 Å². The highest BCUT2D eigenvalue weighted by atomic mass is 79.9. The molecule has 0 spiro atoms. The Morgan fingerprint density at radius 3 is 2.90 bits per heavy atom. The number of methoxy groups -OCH3 is 1. The van der Waals surface area contributed by atoms with Gasteiger partial charge in [0.15, 0.2) is 17.2 Å². The first-order valence-corrected chi connectivity index (χ1v) is 6.72.